The predicted octanol–water partition coefficient (Wildman–Crippen LogP) is 2.13. The summed E-state index contributed by atoms with van der Waals surface area (Å²) < 4.78 is 39.7. The summed E-state index contributed by atoms with van der Waals surface area (Å²) in [4.78, 5) is 3.30. The Morgan fingerprint density at radius 3 is 2.67 bits per heavy atom. The maximum Gasteiger partial charge on any atom is 0.388 e. The fourth-order valence-corrected chi connectivity index (χ4v) is 0.669. The Morgan fingerprint density at radius 2 is 2.17 bits per heavy atom. The first-order valence-electron chi connectivity index (χ1n) is 3.16. The van der Waals surface area contributed by atoms with Crippen LogP contribution < -0.4 is 4.74 Å². The number of aryl methyl sites for hydroxylation is 1. The number of pyridine rings is 1. The quantitative estimate of drug-likeness (QED) is 0.690. The lowest BCUT2D eigenvalue weighted by Gasteiger charge is -2.03. The molecule has 0 spiro atoms. The molecule has 66 valence electrons. The van der Waals surface area contributed by atoms with Gasteiger partial charge in [-0.3, -0.25) is 0 Å². The van der Waals surface area contributed by atoms with Crippen LogP contribution in [-0.2, 0) is 0 Å². The van der Waals surface area contributed by atoms with Crippen molar-refractivity contribution in [2.75, 3.05) is 0 Å². The van der Waals surface area contributed by atoms with E-state index in [0.717, 1.165) is 12.3 Å². The van der Waals surface area contributed by atoms with Gasteiger partial charge in [0.05, 0.1) is 6.20 Å². The van der Waals surface area contributed by atoms with E-state index >= 15 is 0 Å². The van der Waals surface area contributed by atoms with Crippen molar-refractivity contribution in [3.8, 4) is 5.88 Å². The van der Waals surface area contributed by atoms with Gasteiger partial charge in [-0.15, -0.1) is 0 Å². The summed E-state index contributed by atoms with van der Waals surface area (Å²) in [6, 6.07) is 1.11. The first kappa shape index (κ1) is 8.83. The second-order valence-corrected chi connectivity index (χ2v) is 2.15. The van der Waals surface area contributed by atoms with Gasteiger partial charge in [0, 0.05) is 6.07 Å². The average Bonchev–Trinajstić information content (AvgIpc) is 1.96. The minimum absolute atomic E-state index is 0.223. The second-order valence-electron chi connectivity index (χ2n) is 2.15. The highest BCUT2D eigenvalue weighted by Gasteiger charge is 2.06. The Hall–Kier alpha value is -1.26. The van der Waals surface area contributed by atoms with Crippen LogP contribution in [0.3, 0.4) is 0 Å². The smallest absolute Gasteiger partial charge is 0.388 e. The lowest BCUT2D eigenvalue weighted by atomic mass is 10.3. The van der Waals surface area contributed by atoms with Crippen molar-refractivity contribution in [2.45, 2.75) is 13.5 Å². The summed E-state index contributed by atoms with van der Waals surface area (Å²) in [7, 11) is 0. The van der Waals surface area contributed by atoms with Crippen LogP contribution in [0.15, 0.2) is 12.3 Å². The van der Waals surface area contributed by atoms with Crippen molar-refractivity contribution in [2.24, 2.45) is 0 Å². The number of ether oxygens (including phenoxy) is 1. The Bertz CT molecular complexity index is 277. The Balaban J connectivity index is 2.82. The van der Waals surface area contributed by atoms with Crippen LogP contribution in [0.5, 0.6) is 5.88 Å². The molecule has 12 heavy (non-hydrogen) atoms. The molecule has 1 rings (SSSR count). The molecule has 0 aromatic carbocycles. The predicted molar refractivity (Wildman–Crippen MR) is 35.6 cm³/mol. The zero-order valence-electron chi connectivity index (χ0n) is 6.22. The van der Waals surface area contributed by atoms with E-state index in [1.54, 1.807) is 0 Å². The zero-order valence-corrected chi connectivity index (χ0v) is 6.22. The second kappa shape index (κ2) is 3.42. The minimum atomic E-state index is -2.93. The largest absolute Gasteiger partial charge is 0.417 e. The molecule has 0 atom stereocenters. The SMILES string of the molecule is Cc1cc(OC(F)F)ncc1F. The molecule has 0 aliphatic heterocycles. The summed E-state index contributed by atoms with van der Waals surface area (Å²) >= 11 is 0. The molecule has 0 saturated heterocycles. The number of halogens is 3. The van der Waals surface area contributed by atoms with Crippen LogP contribution in [0, 0.1) is 12.7 Å². The summed E-state index contributed by atoms with van der Waals surface area (Å²) in [5.41, 5.74) is 0.223. The van der Waals surface area contributed by atoms with Gasteiger partial charge in [0.2, 0.25) is 5.88 Å². The van der Waals surface area contributed by atoms with Gasteiger partial charge in [-0.05, 0) is 12.5 Å². The Kier molecular flexibility index (Phi) is 2.52. The van der Waals surface area contributed by atoms with E-state index < -0.39 is 12.4 Å². The normalized spacial score (nSPS) is 10.4. The molecule has 1 aromatic heterocycles. The maximum atomic E-state index is 12.5. The topological polar surface area (TPSA) is 22.1 Å². The van der Waals surface area contributed by atoms with Crippen molar-refractivity contribution in [3.05, 3.63) is 23.6 Å². The van der Waals surface area contributed by atoms with Crippen molar-refractivity contribution in [3.63, 3.8) is 0 Å². The first-order chi connectivity index (χ1) is 5.59. The molecule has 0 fully saturated rings. The van der Waals surface area contributed by atoms with Crippen molar-refractivity contribution in [1.82, 2.24) is 4.98 Å². The molecular weight excluding hydrogens is 171 g/mol. The molecule has 0 N–H and O–H groups in total. The van der Waals surface area contributed by atoms with Crippen LogP contribution in [0.4, 0.5) is 13.2 Å². The van der Waals surface area contributed by atoms with Gasteiger partial charge < -0.3 is 4.74 Å². The van der Waals surface area contributed by atoms with E-state index in [0.29, 0.717) is 0 Å². The lowest BCUT2D eigenvalue weighted by Crippen LogP contribution is -2.04. The highest BCUT2D eigenvalue weighted by Crippen LogP contribution is 2.13. The van der Waals surface area contributed by atoms with Crippen molar-refractivity contribution < 1.29 is 17.9 Å². The molecule has 0 amide bonds. The molecule has 0 radical (unpaired) electrons. The molecular formula is C7H6F3NO. The van der Waals surface area contributed by atoms with E-state index in [1.807, 2.05) is 0 Å². The molecule has 5 heteroatoms. The fourth-order valence-electron chi connectivity index (χ4n) is 0.669. The fraction of sp³-hybridized carbons (Fsp3) is 0.286. The molecule has 0 unspecified atom stereocenters. The first-order valence-corrected chi connectivity index (χ1v) is 3.16. The van der Waals surface area contributed by atoms with Crippen LogP contribution in [-0.4, -0.2) is 11.6 Å². The summed E-state index contributed by atoms with van der Waals surface area (Å²) in [6.07, 6.45) is 0.840. The van der Waals surface area contributed by atoms with Crippen LogP contribution in [0.2, 0.25) is 0 Å². The van der Waals surface area contributed by atoms with Crippen LogP contribution in [0.25, 0.3) is 0 Å². The van der Waals surface area contributed by atoms with E-state index in [-0.39, 0.29) is 11.4 Å². The van der Waals surface area contributed by atoms with Gasteiger partial charge in [0.1, 0.15) is 5.82 Å². The average molecular weight is 177 g/mol. The summed E-state index contributed by atoms with van der Waals surface area (Å²) in [5.74, 6) is -0.819. The molecule has 0 bridgehead atoms. The van der Waals surface area contributed by atoms with Gasteiger partial charge in [-0.1, -0.05) is 0 Å². The number of aromatic nitrogens is 1. The third-order valence-electron chi connectivity index (χ3n) is 1.23. The van der Waals surface area contributed by atoms with E-state index in [9.17, 15) is 13.2 Å². The van der Waals surface area contributed by atoms with Crippen LogP contribution >= 0.6 is 0 Å². The van der Waals surface area contributed by atoms with E-state index in [4.69, 9.17) is 0 Å². The molecule has 1 aromatic rings. The molecule has 0 aliphatic carbocycles. The van der Waals surface area contributed by atoms with Crippen LogP contribution in [0.1, 0.15) is 5.56 Å². The number of alkyl halides is 2. The standard InChI is InChI=1S/C7H6F3NO/c1-4-2-6(12-7(9)10)11-3-5(4)8/h2-3,7H,1H3. The van der Waals surface area contributed by atoms with Gasteiger partial charge in [-0.2, -0.15) is 8.78 Å². The van der Waals surface area contributed by atoms with E-state index in [2.05, 4.69) is 9.72 Å². The van der Waals surface area contributed by atoms with Gasteiger partial charge in [0.15, 0.2) is 0 Å². The summed E-state index contributed by atoms with van der Waals surface area (Å²) in [5, 5.41) is 0. The lowest BCUT2D eigenvalue weighted by molar-refractivity contribution is -0.0529. The highest BCUT2D eigenvalue weighted by atomic mass is 19.3. The Morgan fingerprint density at radius 1 is 1.50 bits per heavy atom. The maximum absolute atomic E-state index is 12.5. The summed E-state index contributed by atoms with van der Waals surface area (Å²) in [6.45, 7) is -1.49. The van der Waals surface area contributed by atoms with Gasteiger partial charge >= 0.3 is 6.61 Å². The molecule has 0 saturated carbocycles. The molecule has 2 nitrogen and oxygen atoms in total. The zero-order chi connectivity index (χ0) is 9.14. The van der Waals surface area contributed by atoms with E-state index in [1.165, 1.54) is 6.92 Å². The number of nitrogens with zero attached hydrogens (tertiary/aromatic N) is 1. The number of hydrogen-bond donors (Lipinski definition) is 0. The number of hydrogen-bond acceptors (Lipinski definition) is 2. The monoisotopic (exact) mass is 177 g/mol. The number of rotatable bonds is 2. The third kappa shape index (κ3) is 2.11. The Labute approximate surface area is 67.0 Å². The third-order valence-corrected chi connectivity index (χ3v) is 1.23. The molecule has 1 heterocycles. The van der Waals surface area contributed by atoms with Gasteiger partial charge in [0.25, 0.3) is 0 Å². The van der Waals surface area contributed by atoms with Crippen molar-refractivity contribution >= 4 is 0 Å². The van der Waals surface area contributed by atoms with Gasteiger partial charge in [-0.25, -0.2) is 9.37 Å². The molecule has 0 aliphatic rings. The minimum Gasteiger partial charge on any atom is -0.417 e. The van der Waals surface area contributed by atoms with Crippen molar-refractivity contribution in [1.29, 1.82) is 0 Å². The highest BCUT2D eigenvalue weighted by molar-refractivity contribution is 5.20.